The average Bonchev–Trinajstić information content (AvgIpc) is 2.99. The standard InChI is InChI=1S/C18H16N4O/c1-22(11-8-13-6-9-19-10-7-13)18-17-16(20-12-21-18)14-4-2-3-5-15(14)23-17/h2-7,9-10,12H,8,11H2,1H3. The van der Waals surface area contributed by atoms with E-state index in [1.54, 1.807) is 6.33 Å². The van der Waals surface area contributed by atoms with Gasteiger partial charge in [-0.15, -0.1) is 0 Å². The summed E-state index contributed by atoms with van der Waals surface area (Å²) in [7, 11) is 2.02. The fourth-order valence-electron chi connectivity index (χ4n) is 2.74. The van der Waals surface area contributed by atoms with Crippen LogP contribution in [-0.2, 0) is 6.42 Å². The summed E-state index contributed by atoms with van der Waals surface area (Å²) >= 11 is 0. The highest BCUT2D eigenvalue weighted by atomic mass is 16.3. The molecule has 0 aliphatic carbocycles. The Labute approximate surface area is 133 Å². The van der Waals surface area contributed by atoms with Crippen LogP contribution in [-0.4, -0.2) is 28.5 Å². The number of para-hydroxylation sites is 1. The molecule has 0 aliphatic heterocycles. The minimum atomic E-state index is 0.742. The molecular weight excluding hydrogens is 288 g/mol. The van der Waals surface area contributed by atoms with Gasteiger partial charge in [0.05, 0.1) is 0 Å². The van der Waals surface area contributed by atoms with Gasteiger partial charge in [0.2, 0.25) is 0 Å². The lowest BCUT2D eigenvalue weighted by molar-refractivity contribution is 0.662. The zero-order valence-corrected chi connectivity index (χ0v) is 12.8. The van der Waals surface area contributed by atoms with Crippen LogP contribution in [0.2, 0.25) is 0 Å². The lowest BCUT2D eigenvalue weighted by Gasteiger charge is -2.17. The van der Waals surface area contributed by atoms with Crippen LogP contribution in [0.4, 0.5) is 5.82 Å². The first-order chi connectivity index (χ1) is 11.3. The van der Waals surface area contributed by atoms with E-state index >= 15 is 0 Å². The van der Waals surface area contributed by atoms with Crippen LogP contribution in [0.3, 0.4) is 0 Å². The molecule has 3 aromatic heterocycles. The van der Waals surface area contributed by atoms with Gasteiger partial charge in [0, 0.05) is 31.4 Å². The molecule has 0 fully saturated rings. The fourth-order valence-corrected chi connectivity index (χ4v) is 2.74. The first-order valence-corrected chi connectivity index (χ1v) is 7.55. The second-order valence-electron chi connectivity index (χ2n) is 5.50. The van der Waals surface area contributed by atoms with Gasteiger partial charge in [-0.25, -0.2) is 9.97 Å². The predicted octanol–water partition coefficient (Wildman–Crippen LogP) is 3.45. The highest BCUT2D eigenvalue weighted by molar-refractivity contribution is 6.05. The topological polar surface area (TPSA) is 55.1 Å². The predicted molar refractivity (Wildman–Crippen MR) is 90.5 cm³/mol. The van der Waals surface area contributed by atoms with Gasteiger partial charge in [-0.2, -0.15) is 0 Å². The Kier molecular flexibility index (Phi) is 3.38. The van der Waals surface area contributed by atoms with E-state index in [0.29, 0.717) is 0 Å². The van der Waals surface area contributed by atoms with Crippen molar-refractivity contribution in [2.75, 3.05) is 18.5 Å². The molecule has 5 nitrogen and oxygen atoms in total. The van der Waals surface area contributed by atoms with Crippen molar-refractivity contribution >= 4 is 27.9 Å². The molecule has 0 saturated heterocycles. The zero-order chi connectivity index (χ0) is 15.6. The largest absolute Gasteiger partial charge is 0.450 e. The number of aromatic nitrogens is 3. The molecular formula is C18H16N4O. The molecule has 0 spiro atoms. The molecule has 5 heteroatoms. The number of likely N-dealkylation sites (N-methyl/N-ethyl adjacent to an activating group) is 1. The van der Waals surface area contributed by atoms with Gasteiger partial charge in [0.15, 0.2) is 11.4 Å². The van der Waals surface area contributed by atoms with Crippen LogP contribution in [0.15, 0.2) is 59.5 Å². The van der Waals surface area contributed by atoms with Crippen molar-refractivity contribution in [3.8, 4) is 0 Å². The highest BCUT2D eigenvalue weighted by Crippen LogP contribution is 2.31. The van der Waals surface area contributed by atoms with Crippen LogP contribution in [0, 0.1) is 0 Å². The Morgan fingerprint density at radius 1 is 1.04 bits per heavy atom. The van der Waals surface area contributed by atoms with E-state index < -0.39 is 0 Å². The molecule has 0 saturated carbocycles. The molecule has 114 valence electrons. The molecule has 0 aliphatic rings. The van der Waals surface area contributed by atoms with Gasteiger partial charge in [-0.05, 0) is 36.2 Å². The van der Waals surface area contributed by atoms with Gasteiger partial charge in [-0.1, -0.05) is 12.1 Å². The maximum absolute atomic E-state index is 5.98. The van der Waals surface area contributed by atoms with E-state index in [9.17, 15) is 0 Å². The quantitative estimate of drug-likeness (QED) is 0.578. The summed E-state index contributed by atoms with van der Waals surface area (Å²) in [6.07, 6.45) is 6.16. The number of benzene rings is 1. The summed E-state index contributed by atoms with van der Waals surface area (Å²) in [6.45, 7) is 0.840. The van der Waals surface area contributed by atoms with Crippen LogP contribution >= 0.6 is 0 Å². The number of fused-ring (bicyclic) bond motifs is 3. The summed E-state index contributed by atoms with van der Waals surface area (Å²) < 4.78 is 5.98. The minimum Gasteiger partial charge on any atom is -0.450 e. The Morgan fingerprint density at radius 3 is 2.74 bits per heavy atom. The number of furan rings is 1. The molecule has 0 radical (unpaired) electrons. The lowest BCUT2D eigenvalue weighted by atomic mass is 10.2. The smallest absolute Gasteiger partial charge is 0.196 e. The van der Waals surface area contributed by atoms with Crippen molar-refractivity contribution < 1.29 is 4.42 Å². The Balaban J connectivity index is 1.68. The summed E-state index contributed by atoms with van der Waals surface area (Å²) in [5, 5.41) is 1.02. The Hall–Kier alpha value is -2.95. The maximum Gasteiger partial charge on any atom is 0.196 e. The van der Waals surface area contributed by atoms with Crippen molar-refractivity contribution in [3.63, 3.8) is 0 Å². The minimum absolute atomic E-state index is 0.742. The van der Waals surface area contributed by atoms with Crippen LogP contribution in [0.1, 0.15) is 5.56 Å². The molecule has 3 heterocycles. The van der Waals surface area contributed by atoms with Crippen molar-refractivity contribution in [2.24, 2.45) is 0 Å². The SMILES string of the molecule is CN(CCc1ccncc1)c1ncnc2c1oc1ccccc12. The zero-order valence-electron chi connectivity index (χ0n) is 12.8. The summed E-state index contributed by atoms with van der Waals surface area (Å²) in [5.41, 5.74) is 3.70. The van der Waals surface area contributed by atoms with Crippen molar-refractivity contribution in [1.82, 2.24) is 15.0 Å². The van der Waals surface area contributed by atoms with Gasteiger partial charge >= 0.3 is 0 Å². The first-order valence-electron chi connectivity index (χ1n) is 7.55. The van der Waals surface area contributed by atoms with Crippen molar-refractivity contribution in [1.29, 1.82) is 0 Å². The normalized spacial score (nSPS) is 11.2. The third-order valence-corrected chi connectivity index (χ3v) is 3.99. The van der Waals surface area contributed by atoms with E-state index in [1.165, 1.54) is 5.56 Å². The van der Waals surface area contributed by atoms with E-state index in [-0.39, 0.29) is 0 Å². The maximum atomic E-state index is 5.98. The number of nitrogens with zero attached hydrogens (tertiary/aromatic N) is 4. The van der Waals surface area contributed by atoms with Gasteiger partial charge in [0.25, 0.3) is 0 Å². The average molecular weight is 304 g/mol. The number of hydrogen-bond acceptors (Lipinski definition) is 5. The second kappa shape index (κ2) is 5.68. The van der Waals surface area contributed by atoms with E-state index in [2.05, 4.69) is 19.9 Å². The Morgan fingerprint density at radius 2 is 1.87 bits per heavy atom. The van der Waals surface area contributed by atoms with Crippen LogP contribution in [0.25, 0.3) is 22.1 Å². The van der Waals surface area contributed by atoms with Gasteiger partial charge < -0.3 is 9.32 Å². The molecule has 4 aromatic rings. The number of pyridine rings is 1. The molecule has 4 rings (SSSR count). The molecule has 0 atom stereocenters. The molecule has 0 bridgehead atoms. The van der Waals surface area contributed by atoms with Crippen LogP contribution in [0.5, 0.6) is 0 Å². The van der Waals surface area contributed by atoms with Crippen LogP contribution < -0.4 is 4.90 Å². The van der Waals surface area contributed by atoms with E-state index in [1.807, 2.05) is 55.8 Å². The lowest BCUT2D eigenvalue weighted by Crippen LogP contribution is -2.21. The van der Waals surface area contributed by atoms with Crippen molar-refractivity contribution in [2.45, 2.75) is 6.42 Å². The molecule has 1 aromatic carbocycles. The monoisotopic (exact) mass is 304 g/mol. The van der Waals surface area contributed by atoms with E-state index in [0.717, 1.165) is 40.9 Å². The highest BCUT2D eigenvalue weighted by Gasteiger charge is 2.15. The molecule has 0 N–H and O–H groups in total. The third-order valence-electron chi connectivity index (χ3n) is 3.99. The Bertz CT molecular complexity index is 949. The third kappa shape index (κ3) is 2.50. The molecule has 0 amide bonds. The number of rotatable bonds is 4. The van der Waals surface area contributed by atoms with Gasteiger partial charge in [0.1, 0.15) is 17.4 Å². The molecule has 0 unspecified atom stereocenters. The number of anilines is 1. The van der Waals surface area contributed by atoms with E-state index in [4.69, 9.17) is 4.42 Å². The second-order valence-corrected chi connectivity index (χ2v) is 5.50. The summed E-state index contributed by atoms with van der Waals surface area (Å²) in [4.78, 5) is 15.0. The summed E-state index contributed by atoms with van der Waals surface area (Å²) in [5.74, 6) is 0.820. The molecule has 23 heavy (non-hydrogen) atoms. The summed E-state index contributed by atoms with van der Waals surface area (Å²) in [6, 6.07) is 12.0. The van der Waals surface area contributed by atoms with Gasteiger partial charge in [-0.3, -0.25) is 4.98 Å². The fraction of sp³-hybridized carbons (Fsp3) is 0.167. The van der Waals surface area contributed by atoms with Crippen molar-refractivity contribution in [3.05, 3.63) is 60.7 Å². The number of hydrogen-bond donors (Lipinski definition) is 0. The first kappa shape index (κ1) is 13.7.